The Morgan fingerprint density at radius 3 is 2.17 bits per heavy atom. The van der Waals surface area contributed by atoms with E-state index in [1.54, 1.807) is 21.3 Å². The van der Waals surface area contributed by atoms with Gasteiger partial charge in [0.2, 0.25) is 0 Å². The van der Waals surface area contributed by atoms with Gasteiger partial charge in [0.1, 0.15) is 12.4 Å². The lowest BCUT2D eigenvalue weighted by Crippen LogP contribution is -2.03. The zero-order valence-electron chi connectivity index (χ0n) is 20.7. The van der Waals surface area contributed by atoms with E-state index >= 15 is 0 Å². The number of aromatic nitrogens is 1. The van der Waals surface area contributed by atoms with E-state index in [1.807, 2.05) is 67.6 Å². The van der Waals surface area contributed by atoms with Crippen molar-refractivity contribution < 1.29 is 19.0 Å². The van der Waals surface area contributed by atoms with Crippen LogP contribution in [0.4, 0.5) is 0 Å². The van der Waals surface area contributed by atoms with Crippen molar-refractivity contribution >= 4 is 5.71 Å². The summed E-state index contributed by atoms with van der Waals surface area (Å²) in [6, 6.07) is 26.1. The Morgan fingerprint density at radius 1 is 0.800 bits per heavy atom. The lowest BCUT2D eigenvalue weighted by Gasteiger charge is -2.15. The molecular weight excluding hydrogens is 440 g/mol. The maximum atomic E-state index is 5.69. The topological polar surface area (TPSA) is 54.2 Å². The first-order valence-corrected chi connectivity index (χ1v) is 11.4. The van der Waals surface area contributed by atoms with Crippen LogP contribution in [0.5, 0.6) is 17.2 Å². The minimum absolute atomic E-state index is 0.377. The molecule has 35 heavy (non-hydrogen) atoms. The van der Waals surface area contributed by atoms with Gasteiger partial charge in [0.25, 0.3) is 0 Å². The van der Waals surface area contributed by atoms with Crippen LogP contribution in [0, 0.1) is 6.92 Å². The van der Waals surface area contributed by atoms with Crippen molar-refractivity contribution in [2.75, 3.05) is 21.3 Å². The van der Waals surface area contributed by atoms with Crippen LogP contribution in [0.3, 0.4) is 0 Å². The summed E-state index contributed by atoms with van der Waals surface area (Å²) < 4.78 is 18.4. The summed E-state index contributed by atoms with van der Waals surface area (Å²) in [5, 5.41) is 4.42. The lowest BCUT2D eigenvalue weighted by atomic mass is 10.1. The second-order valence-electron chi connectivity index (χ2n) is 8.07. The zero-order valence-corrected chi connectivity index (χ0v) is 20.7. The van der Waals surface area contributed by atoms with Crippen LogP contribution in [0.25, 0.3) is 16.9 Å². The van der Waals surface area contributed by atoms with Crippen molar-refractivity contribution in [1.29, 1.82) is 0 Å². The molecule has 0 saturated heterocycles. The van der Waals surface area contributed by atoms with Crippen LogP contribution in [-0.4, -0.2) is 31.6 Å². The molecule has 180 valence electrons. The van der Waals surface area contributed by atoms with Crippen molar-refractivity contribution in [3.05, 3.63) is 95.7 Å². The highest BCUT2D eigenvalue weighted by Crippen LogP contribution is 2.34. The number of ether oxygens (including phenoxy) is 3. The van der Waals surface area contributed by atoms with Crippen molar-refractivity contribution in [2.45, 2.75) is 20.5 Å². The number of benzene rings is 3. The molecule has 0 aliphatic rings. The van der Waals surface area contributed by atoms with E-state index < -0.39 is 0 Å². The molecule has 0 unspecified atom stereocenters. The van der Waals surface area contributed by atoms with Gasteiger partial charge in [-0.3, -0.25) is 0 Å². The molecule has 0 aliphatic heterocycles. The first kappa shape index (κ1) is 24.0. The maximum Gasteiger partial charge on any atom is 0.162 e. The highest BCUT2D eigenvalue weighted by Gasteiger charge is 2.18. The van der Waals surface area contributed by atoms with E-state index in [0.29, 0.717) is 18.1 Å². The molecular formula is C29H30N2O4. The molecule has 0 spiro atoms. The van der Waals surface area contributed by atoms with E-state index in [0.717, 1.165) is 45.2 Å². The van der Waals surface area contributed by atoms with Crippen LogP contribution >= 0.6 is 0 Å². The molecule has 0 N–H and O–H groups in total. The maximum absolute atomic E-state index is 5.69. The number of nitrogens with zero attached hydrogens (tertiary/aromatic N) is 2. The third kappa shape index (κ3) is 5.17. The average molecular weight is 471 g/mol. The van der Waals surface area contributed by atoms with E-state index in [1.165, 1.54) is 0 Å². The Hall–Kier alpha value is -4.19. The monoisotopic (exact) mass is 470 g/mol. The van der Waals surface area contributed by atoms with Gasteiger partial charge in [-0.25, -0.2) is 0 Å². The van der Waals surface area contributed by atoms with Gasteiger partial charge < -0.3 is 23.6 Å². The third-order valence-electron chi connectivity index (χ3n) is 5.92. The number of hydrogen-bond donors (Lipinski definition) is 0. The van der Waals surface area contributed by atoms with E-state index in [9.17, 15) is 0 Å². The number of rotatable bonds is 9. The van der Waals surface area contributed by atoms with Gasteiger partial charge >= 0.3 is 0 Å². The average Bonchev–Trinajstić information content (AvgIpc) is 3.26. The van der Waals surface area contributed by atoms with E-state index in [2.05, 4.69) is 34.8 Å². The highest BCUT2D eigenvalue weighted by atomic mass is 16.6. The summed E-state index contributed by atoms with van der Waals surface area (Å²) in [4.78, 5) is 5.69. The number of methoxy groups -OCH3 is 3. The molecule has 0 fully saturated rings. The molecule has 4 rings (SSSR count). The molecule has 0 amide bonds. The number of oxime groups is 1. The summed E-state index contributed by atoms with van der Waals surface area (Å²) in [5.41, 5.74) is 6.99. The van der Waals surface area contributed by atoms with Gasteiger partial charge in [-0.05, 0) is 55.3 Å². The SMILES string of the molecule is COc1ccc(CO/N=C(/C)c2cc(-c3ccccc3)n(-c3ccc(OC)c(OC)c3)c2C)cc1. The fraction of sp³-hybridized carbons (Fsp3) is 0.207. The van der Waals surface area contributed by atoms with Crippen LogP contribution in [0.2, 0.25) is 0 Å². The van der Waals surface area contributed by atoms with Gasteiger partial charge in [-0.2, -0.15) is 0 Å². The van der Waals surface area contributed by atoms with Gasteiger partial charge in [-0.15, -0.1) is 0 Å². The van der Waals surface area contributed by atoms with Crippen LogP contribution in [0.15, 0.2) is 84.0 Å². The molecule has 1 aromatic heterocycles. The molecule has 0 bridgehead atoms. The first-order valence-electron chi connectivity index (χ1n) is 11.4. The molecule has 0 saturated carbocycles. The summed E-state index contributed by atoms with van der Waals surface area (Å²) >= 11 is 0. The minimum atomic E-state index is 0.377. The second kappa shape index (κ2) is 10.8. The molecule has 6 heteroatoms. The molecule has 0 aliphatic carbocycles. The normalized spacial score (nSPS) is 11.3. The van der Waals surface area contributed by atoms with Crippen LogP contribution in [-0.2, 0) is 11.4 Å². The molecule has 3 aromatic carbocycles. The quantitative estimate of drug-likeness (QED) is 0.209. The fourth-order valence-corrected chi connectivity index (χ4v) is 4.07. The predicted molar refractivity (Wildman–Crippen MR) is 139 cm³/mol. The Kier molecular flexibility index (Phi) is 7.41. The molecule has 1 heterocycles. The molecule has 0 radical (unpaired) electrons. The Balaban J connectivity index is 1.70. The van der Waals surface area contributed by atoms with Gasteiger partial charge in [0.15, 0.2) is 11.5 Å². The van der Waals surface area contributed by atoms with E-state index in [-0.39, 0.29) is 0 Å². The summed E-state index contributed by atoms with van der Waals surface area (Å²) in [7, 11) is 4.93. The van der Waals surface area contributed by atoms with Crippen molar-refractivity contribution in [3.63, 3.8) is 0 Å². The minimum Gasteiger partial charge on any atom is -0.497 e. The highest BCUT2D eigenvalue weighted by molar-refractivity contribution is 6.01. The smallest absolute Gasteiger partial charge is 0.162 e. The lowest BCUT2D eigenvalue weighted by molar-refractivity contribution is 0.130. The van der Waals surface area contributed by atoms with Crippen molar-refractivity contribution in [1.82, 2.24) is 4.57 Å². The predicted octanol–water partition coefficient (Wildman–Crippen LogP) is 6.42. The molecule has 6 nitrogen and oxygen atoms in total. The first-order chi connectivity index (χ1) is 17.0. The van der Waals surface area contributed by atoms with E-state index in [4.69, 9.17) is 19.0 Å². The van der Waals surface area contributed by atoms with Gasteiger partial charge in [0, 0.05) is 23.0 Å². The summed E-state index contributed by atoms with van der Waals surface area (Å²) in [5.74, 6) is 2.17. The second-order valence-corrected chi connectivity index (χ2v) is 8.07. The third-order valence-corrected chi connectivity index (χ3v) is 5.92. The number of hydrogen-bond acceptors (Lipinski definition) is 5. The molecule has 4 aromatic rings. The Morgan fingerprint density at radius 2 is 1.51 bits per heavy atom. The van der Waals surface area contributed by atoms with Crippen molar-refractivity contribution in [3.8, 4) is 34.2 Å². The molecule has 0 atom stereocenters. The summed E-state index contributed by atoms with van der Waals surface area (Å²) in [6.07, 6.45) is 0. The largest absolute Gasteiger partial charge is 0.497 e. The Bertz CT molecular complexity index is 1310. The van der Waals surface area contributed by atoms with Crippen molar-refractivity contribution in [2.24, 2.45) is 5.16 Å². The van der Waals surface area contributed by atoms with Gasteiger partial charge in [0.05, 0.1) is 32.7 Å². The fourth-order valence-electron chi connectivity index (χ4n) is 4.07. The van der Waals surface area contributed by atoms with Crippen LogP contribution < -0.4 is 14.2 Å². The standard InChI is InChI=1S/C29H30N2O4/c1-20(30-35-19-22-11-14-25(32-3)15-12-22)26-18-27(23-9-7-6-8-10-23)31(21(26)2)24-13-16-28(33-4)29(17-24)34-5/h6-18H,19H2,1-5H3/b30-20-. The van der Waals surface area contributed by atoms with Gasteiger partial charge in [-0.1, -0.05) is 47.6 Å². The zero-order chi connectivity index (χ0) is 24.8. The van der Waals surface area contributed by atoms with Crippen LogP contribution in [0.1, 0.15) is 23.7 Å². The summed E-state index contributed by atoms with van der Waals surface area (Å²) in [6.45, 7) is 4.42. The Labute approximate surface area is 206 Å².